The summed E-state index contributed by atoms with van der Waals surface area (Å²) in [7, 11) is 1.29. The number of fused-ring (bicyclic) bond motifs is 2. The maximum atomic E-state index is 13.9. The first-order valence-corrected chi connectivity index (χ1v) is 22.6. The zero-order valence-electron chi connectivity index (χ0n) is 37.3. The number of imidazole rings is 2. The van der Waals surface area contributed by atoms with E-state index in [1.165, 1.54) is 7.11 Å². The van der Waals surface area contributed by atoms with Gasteiger partial charge in [-0.25, -0.2) is 24.5 Å². The van der Waals surface area contributed by atoms with Crippen molar-refractivity contribution in [2.24, 2.45) is 11.8 Å². The number of nitrogens with zero attached hydrogens (tertiary/aromatic N) is 6. The number of methoxy groups -OCH3 is 1. The van der Waals surface area contributed by atoms with Gasteiger partial charge in [-0.1, -0.05) is 39.8 Å². The van der Waals surface area contributed by atoms with E-state index in [1.54, 1.807) is 17.4 Å². The fraction of sp³-hybridized carbons (Fsp3) is 0.438. The van der Waals surface area contributed by atoms with Gasteiger partial charge < -0.3 is 49.6 Å². The summed E-state index contributed by atoms with van der Waals surface area (Å²) in [6, 6.07) is 18.9. The van der Waals surface area contributed by atoms with E-state index < -0.39 is 24.3 Å². The summed E-state index contributed by atoms with van der Waals surface area (Å²) in [6.07, 6.45) is 6.20. The quantitative estimate of drug-likeness (QED) is 0.0790. The van der Waals surface area contributed by atoms with Gasteiger partial charge in [0.25, 0.3) is 0 Å². The lowest BCUT2D eigenvalue weighted by Crippen LogP contribution is -2.51. The topological polar surface area (TPSA) is 215 Å². The molecular weight excluding hydrogens is 829 g/mol. The van der Waals surface area contributed by atoms with E-state index in [1.807, 2.05) is 50.8 Å². The third kappa shape index (κ3) is 8.46. The van der Waals surface area contributed by atoms with E-state index in [9.17, 15) is 24.3 Å². The van der Waals surface area contributed by atoms with Crippen molar-refractivity contribution in [3.8, 4) is 11.5 Å². The highest BCUT2D eigenvalue weighted by Gasteiger charge is 2.40. The van der Waals surface area contributed by atoms with Gasteiger partial charge in [0, 0.05) is 24.3 Å². The molecule has 0 spiro atoms. The molecule has 3 saturated heterocycles. The summed E-state index contributed by atoms with van der Waals surface area (Å²) in [5.74, 6) is 1.23. The van der Waals surface area contributed by atoms with Crippen molar-refractivity contribution in [3.05, 3.63) is 95.9 Å². The molecule has 0 bridgehead atoms. The first-order chi connectivity index (χ1) is 31.4. The van der Waals surface area contributed by atoms with Crippen LogP contribution in [-0.4, -0.2) is 96.1 Å². The molecule has 65 heavy (non-hydrogen) atoms. The Balaban J connectivity index is 1.01. The van der Waals surface area contributed by atoms with Crippen molar-refractivity contribution in [1.29, 1.82) is 0 Å². The molecule has 3 aromatic heterocycles. The van der Waals surface area contributed by atoms with Crippen LogP contribution in [0.3, 0.4) is 0 Å². The van der Waals surface area contributed by atoms with Crippen molar-refractivity contribution in [3.63, 3.8) is 0 Å². The number of anilines is 1. The Kier molecular flexibility index (Phi) is 12.0. The van der Waals surface area contributed by atoms with Crippen LogP contribution in [0, 0.1) is 11.8 Å². The molecular formula is C48H56N10O7. The summed E-state index contributed by atoms with van der Waals surface area (Å²) in [5, 5.41) is 14.6. The summed E-state index contributed by atoms with van der Waals surface area (Å²) in [5.41, 5.74) is 7.53. The monoisotopic (exact) mass is 884 g/mol. The number of hydrogen-bond acceptors (Lipinski definition) is 10. The molecule has 0 aliphatic carbocycles. The normalized spacial score (nSPS) is 20.9. The molecule has 3 fully saturated rings. The largest absolute Gasteiger partial charge is 0.465 e. The van der Waals surface area contributed by atoms with Crippen LogP contribution in [0.5, 0.6) is 0 Å². The fourth-order valence-corrected chi connectivity index (χ4v) is 10.1. The highest BCUT2D eigenvalue weighted by Crippen LogP contribution is 2.48. The molecule has 5 N–H and O–H groups in total. The number of carbonyl (C=O) groups excluding carboxylic acids is 3. The molecule has 3 aliphatic heterocycles. The molecule has 0 saturated carbocycles. The van der Waals surface area contributed by atoms with E-state index in [0.717, 1.165) is 88.8 Å². The molecule has 17 heteroatoms. The molecule has 4 amide bonds. The lowest BCUT2D eigenvalue weighted by atomic mass is 10.0. The van der Waals surface area contributed by atoms with Crippen molar-refractivity contribution in [2.75, 3.05) is 25.1 Å². The standard InChI is InChI=1S/C48H56N10O7/c1-26(2)40(54-47(61)62)45(59)56-21-6-8-38(56)42-50-32-16-12-29(24-34(32)52-42)36-18-19-37(58(36)31-14-10-28(11-15-31)44-49-20-23-65-44)30-13-17-33-35(25-30)53-43(51-33)39-9-7-22-57(39)46(60)41(27(3)4)55-48(63)64-5/h10-17,20,23-27,36-41,54H,6-9,18-19,21-22H2,1-5H3,(H,50,52)(H,51,53)(H,55,63)(H,61,62)/t36-,37-,38+,39+,40+,41+/m1/s1. The molecule has 3 aliphatic rings. The second kappa shape index (κ2) is 17.9. The number of aromatic amines is 2. The van der Waals surface area contributed by atoms with Crippen LogP contribution in [-0.2, 0) is 14.3 Å². The van der Waals surface area contributed by atoms with Crippen molar-refractivity contribution in [2.45, 2.75) is 102 Å². The number of ether oxygens (including phenoxy) is 1. The average Bonchev–Trinajstić information content (AvgIpc) is 4.16. The molecule has 9 rings (SSSR count). The van der Waals surface area contributed by atoms with Crippen molar-refractivity contribution >= 4 is 51.8 Å². The lowest BCUT2D eigenvalue weighted by Gasteiger charge is -2.33. The van der Waals surface area contributed by atoms with Gasteiger partial charge in [-0.05, 0) is 110 Å². The number of likely N-dealkylation sites (tertiary alicyclic amines) is 2. The van der Waals surface area contributed by atoms with Gasteiger partial charge in [0.15, 0.2) is 0 Å². The minimum Gasteiger partial charge on any atom is -0.465 e. The van der Waals surface area contributed by atoms with E-state index >= 15 is 0 Å². The van der Waals surface area contributed by atoms with Crippen LogP contribution in [0.25, 0.3) is 33.5 Å². The minimum absolute atomic E-state index is 0.000717. The SMILES string of the molecule is COC(=O)N[C@H](C(=O)N1CCC[C@H]1c1nc2ccc([C@H]3CC[C@H](c4ccc5nc([C@@H]6CCCN6C(=O)[C@@H](NC(=O)O)C(C)C)[nH]c5c4)N3c3ccc(-c4ncco4)cc3)cc2[nH]1)C(C)C. The van der Waals surface area contributed by atoms with Crippen LogP contribution in [0.2, 0.25) is 0 Å². The summed E-state index contributed by atoms with van der Waals surface area (Å²) >= 11 is 0. The number of rotatable bonds is 12. The van der Waals surface area contributed by atoms with Crippen LogP contribution < -0.4 is 15.5 Å². The Labute approximate surface area is 376 Å². The number of alkyl carbamates (subject to hydrolysis) is 1. The zero-order chi connectivity index (χ0) is 45.5. The number of benzene rings is 3. The Morgan fingerprint density at radius 3 is 1.71 bits per heavy atom. The highest BCUT2D eigenvalue weighted by atomic mass is 16.5. The third-order valence-electron chi connectivity index (χ3n) is 13.4. The van der Waals surface area contributed by atoms with Crippen LogP contribution in [0.1, 0.15) is 113 Å². The molecule has 6 aromatic rings. The Hall–Kier alpha value is -6.91. The second-order valence-corrected chi connectivity index (χ2v) is 18.1. The first kappa shape index (κ1) is 43.3. The Morgan fingerprint density at radius 2 is 1.25 bits per heavy atom. The van der Waals surface area contributed by atoms with E-state index in [4.69, 9.17) is 19.1 Å². The molecule has 340 valence electrons. The number of oxazole rings is 1. The van der Waals surface area contributed by atoms with Crippen molar-refractivity contribution in [1.82, 2.24) is 45.4 Å². The highest BCUT2D eigenvalue weighted by molar-refractivity contribution is 5.87. The molecule has 0 radical (unpaired) electrons. The van der Waals surface area contributed by atoms with Gasteiger partial charge in [-0.2, -0.15) is 0 Å². The van der Waals surface area contributed by atoms with Gasteiger partial charge in [-0.3, -0.25) is 9.59 Å². The number of carbonyl (C=O) groups is 4. The van der Waals surface area contributed by atoms with Gasteiger partial charge in [0.1, 0.15) is 30.0 Å². The molecule has 0 unspecified atom stereocenters. The number of amides is 4. The van der Waals surface area contributed by atoms with Crippen molar-refractivity contribution < 1.29 is 33.4 Å². The number of carboxylic acid groups (broad SMARTS) is 1. The predicted molar refractivity (Wildman–Crippen MR) is 243 cm³/mol. The number of aromatic nitrogens is 5. The number of hydrogen-bond donors (Lipinski definition) is 5. The van der Waals surface area contributed by atoms with E-state index in [2.05, 4.69) is 72.9 Å². The molecule has 6 heterocycles. The molecule has 6 atom stereocenters. The van der Waals surface area contributed by atoms with Crippen LogP contribution >= 0.6 is 0 Å². The van der Waals surface area contributed by atoms with Crippen LogP contribution in [0.15, 0.2) is 77.5 Å². The molecule has 3 aromatic carbocycles. The summed E-state index contributed by atoms with van der Waals surface area (Å²) < 4.78 is 10.4. The summed E-state index contributed by atoms with van der Waals surface area (Å²) in [4.78, 5) is 78.9. The van der Waals surface area contributed by atoms with Gasteiger partial charge in [0.05, 0.1) is 59.5 Å². The first-order valence-electron chi connectivity index (χ1n) is 22.6. The predicted octanol–water partition coefficient (Wildman–Crippen LogP) is 8.18. The maximum absolute atomic E-state index is 13.9. The zero-order valence-corrected chi connectivity index (χ0v) is 37.3. The number of H-pyrrole nitrogens is 2. The Bertz CT molecular complexity index is 2690. The lowest BCUT2D eigenvalue weighted by molar-refractivity contribution is -0.136. The maximum Gasteiger partial charge on any atom is 0.407 e. The third-order valence-corrected chi connectivity index (χ3v) is 13.4. The van der Waals surface area contributed by atoms with Gasteiger partial charge in [-0.15, -0.1) is 0 Å². The minimum atomic E-state index is -1.22. The average molecular weight is 885 g/mol. The Morgan fingerprint density at radius 1 is 0.723 bits per heavy atom. The van der Waals surface area contributed by atoms with Gasteiger partial charge in [0.2, 0.25) is 17.7 Å². The second-order valence-electron chi connectivity index (χ2n) is 18.1. The van der Waals surface area contributed by atoms with E-state index in [0.29, 0.717) is 24.8 Å². The van der Waals surface area contributed by atoms with Gasteiger partial charge >= 0.3 is 12.2 Å². The fourth-order valence-electron chi connectivity index (χ4n) is 10.1. The summed E-state index contributed by atoms with van der Waals surface area (Å²) in [6.45, 7) is 8.59. The van der Waals surface area contributed by atoms with Crippen LogP contribution in [0.4, 0.5) is 15.3 Å². The molecule has 17 nitrogen and oxygen atoms in total. The number of nitrogens with one attached hydrogen (secondary N) is 4. The van der Waals surface area contributed by atoms with E-state index in [-0.39, 0.29) is 47.8 Å². The smallest absolute Gasteiger partial charge is 0.407 e.